The summed E-state index contributed by atoms with van der Waals surface area (Å²) in [5.74, 6) is -0.104. The summed E-state index contributed by atoms with van der Waals surface area (Å²) in [4.78, 5) is 40.3. The predicted octanol–water partition coefficient (Wildman–Crippen LogP) is 7.91. The maximum Gasteiger partial charge on any atom is 0.269 e. The highest BCUT2D eigenvalue weighted by molar-refractivity contribution is 5.93. The van der Waals surface area contributed by atoms with E-state index >= 15 is 0 Å². The van der Waals surface area contributed by atoms with E-state index in [9.17, 15) is 24.8 Å². The average molecular weight is 827 g/mol. The number of aliphatic hydroxyl groups is 1. The highest BCUT2D eigenvalue weighted by Gasteiger charge is 2.34. The molecule has 318 valence electrons. The maximum absolute atomic E-state index is 12.6. The Kier molecular flexibility index (Phi) is 14.7. The number of nitrogen functional groups attached to an aromatic ring is 1. The van der Waals surface area contributed by atoms with E-state index in [0.29, 0.717) is 50.0 Å². The fourth-order valence-corrected chi connectivity index (χ4v) is 7.85. The summed E-state index contributed by atoms with van der Waals surface area (Å²) in [7, 11) is 0. The molecule has 2 aliphatic rings. The number of amides is 2. The van der Waals surface area contributed by atoms with Crippen LogP contribution in [0.3, 0.4) is 0 Å². The minimum Gasteiger partial charge on any atom is -0.397 e. The van der Waals surface area contributed by atoms with Gasteiger partial charge in [0.25, 0.3) is 5.69 Å². The summed E-state index contributed by atoms with van der Waals surface area (Å²) in [6, 6.07) is 38.2. The lowest BCUT2D eigenvalue weighted by atomic mass is 9.98. The molecule has 3 atom stereocenters. The number of nitrogens with zero attached hydrogens (tertiary/aromatic N) is 3. The molecule has 13 heteroatoms. The Morgan fingerprint density at radius 3 is 2.16 bits per heavy atom. The predicted molar refractivity (Wildman–Crippen MR) is 236 cm³/mol. The highest BCUT2D eigenvalue weighted by Crippen LogP contribution is 2.39. The molecule has 7 rings (SSSR count). The van der Waals surface area contributed by atoms with Crippen molar-refractivity contribution in [1.29, 1.82) is 0 Å². The molecule has 0 radical (unpaired) electrons. The van der Waals surface area contributed by atoms with Gasteiger partial charge in [-0.1, -0.05) is 85.3 Å². The summed E-state index contributed by atoms with van der Waals surface area (Å²) in [6.45, 7) is 4.43. The number of benzene rings is 5. The molecule has 0 aromatic heterocycles. The molecule has 3 unspecified atom stereocenters. The number of ether oxygens (including phenoxy) is 2. The summed E-state index contributed by atoms with van der Waals surface area (Å²) in [5.41, 5.74) is 14.0. The third-order valence-corrected chi connectivity index (χ3v) is 11.4. The van der Waals surface area contributed by atoms with Gasteiger partial charge in [0.15, 0.2) is 6.29 Å². The highest BCUT2D eigenvalue weighted by atomic mass is 16.7. The number of hydrogen-bond donors (Lipinski definition) is 4. The van der Waals surface area contributed by atoms with Crippen molar-refractivity contribution < 1.29 is 29.1 Å². The van der Waals surface area contributed by atoms with E-state index in [1.54, 1.807) is 24.3 Å². The number of nitro benzene ring substituents is 1. The first-order chi connectivity index (χ1) is 29.7. The number of anilines is 3. The zero-order valence-corrected chi connectivity index (χ0v) is 34.3. The van der Waals surface area contributed by atoms with Gasteiger partial charge in [0.2, 0.25) is 11.8 Å². The van der Waals surface area contributed by atoms with Crippen LogP contribution in [-0.4, -0.2) is 65.6 Å². The van der Waals surface area contributed by atoms with Gasteiger partial charge in [-0.15, -0.1) is 0 Å². The van der Waals surface area contributed by atoms with Gasteiger partial charge in [-0.2, -0.15) is 0 Å². The quantitative estimate of drug-likeness (QED) is 0.0313. The number of piperazine rings is 1. The molecule has 2 saturated heterocycles. The van der Waals surface area contributed by atoms with Crippen LogP contribution < -0.4 is 21.3 Å². The number of unbranched alkanes of at least 4 members (excludes halogenated alkanes) is 2. The Balaban J connectivity index is 0.910. The first kappa shape index (κ1) is 43.0. The van der Waals surface area contributed by atoms with E-state index < -0.39 is 6.29 Å². The van der Waals surface area contributed by atoms with Gasteiger partial charge < -0.3 is 35.8 Å². The zero-order chi connectivity index (χ0) is 42.6. The zero-order valence-electron chi connectivity index (χ0n) is 34.3. The van der Waals surface area contributed by atoms with E-state index in [1.807, 2.05) is 72.8 Å². The van der Waals surface area contributed by atoms with Crippen molar-refractivity contribution >= 4 is 34.6 Å². The number of non-ortho nitro benzene ring substituents is 1. The van der Waals surface area contributed by atoms with Crippen LogP contribution >= 0.6 is 0 Å². The first-order valence-electron chi connectivity index (χ1n) is 21.0. The molecule has 0 aliphatic carbocycles. The lowest BCUT2D eigenvalue weighted by Gasteiger charge is -2.41. The minimum absolute atomic E-state index is 0.0193. The number of aliphatic hydroxyl groups excluding tert-OH is 1. The Bertz CT molecular complexity index is 2230. The molecule has 5 N–H and O–H groups in total. The largest absolute Gasteiger partial charge is 0.397 e. The molecule has 61 heavy (non-hydrogen) atoms. The van der Waals surface area contributed by atoms with E-state index in [-0.39, 0.29) is 41.2 Å². The Morgan fingerprint density at radius 1 is 0.754 bits per heavy atom. The molecule has 2 aliphatic heterocycles. The maximum atomic E-state index is 12.6. The van der Waals surface area contributed by atoms with Gasteiger partial charge in [0.1, 0.15) is 0 Å². The third kappa shape index (κ3) is 12.0. The molecule has 0 spiro atoms. The second-order valence-electron chi connectivity index (χ2n) is 15.7. The standard InChI is InChI=1S/C48H54N6O7/c49-43-9-4-5-10-44(43)51-47(57)12-3-1-2-11-46(56)50-31-35-7-6-8-39(29-35)36-17-19-38(20-18-36)48-60-42(30-45(61-48)37-15-13-34(33-55)14-16-37)32-52-25-27-53(28-26-52)40-21-23-41(24-22-40)54(58)59/h4-10,13-24,29,42,45,48,55H,1-3,11-12,25-28,30-33,49H2,(H,50,56)(H,51,57). The Morgan fingerprint density at radius 2 is 1.46 bits per heavy atom. The molecule has 0 saturated carbocycles. The molecule has 2 heterocycles. The van der Waals surface area contributed by atoms with Crippen LogP contribution in [0, 0.1) is 10.1 Å². The molecule has 2 fully saturated rings. The number of para-hydroxylation sites is 2. The van der Waals surface area contributed by atoms with E-state index in [4.69, 9.17) is 15.2 Å². The number of nitro groups is 1. The second-order valence-corrected chi connectivity index (χ2v) is 15.7. The lowest BCUT2D eigenvalue weighted by molar-refractivity contribution is -0.384. The molecular weight excluding hydrogens is 773 g/mol. The number of nitrogens with one attached hydrogen (secondary N) is 2. The smallest absolute Gasteiger partial charge is 0.269 e. The van der Waals surface area contributed by atoms with E-state index in [2.05, 4.69) is 44.7 Å². The Labute approximate surface area is 356 Å². The van der Waals surface area contributed by atoms with Crippen LogP contribution in [0.4, 0.5) is 22.7 Å². The lowest BCUT2D eigenvalue weighted by Crippen LogP contribution is -2.49. The number of nitrogens with two attached hydrogens (primary N) is 1. The third-order valence-electron chi connectivity index (χ3n) is 11.4. The van der Waals surface area contributed by atoms with Crippen molar-refractivity contribution in [2.45, 2.75) is 70.2 Å². The van der Waals surface area contributed by atoms with Crippen molar-refractivity contribution in [3.8, 4) is 11.1 Å². The van der Waals surface area contributed by atoms with Crippen molar-refractivity contribution in [3.63, 3.8) is 0 Å². The van der Waals surface area contributed by atoms with Crippen molar-refractivity contribution in [2.75, 3.05) is 48.7 Å². The van der Waals surface area contributed by atoms with Crippen molar-refractivity contribution in [1.82, 2.24) is 10.2 Å². The molecule has 0 bridgehead atoms. The van der Waals surface area contributed by atoms with Gasteiger partial charge in [-0.25, -0.2) is 0 Å². The molecular formula is C48H54N6O7. The van der Waals surface area contributed by atoms with Crippen LogP contribution in [0.5, 0.6) is 0 Å². The number of carbonyl (C=O) groups is 2. The summed E-state index contributed by atoms with van der Waals surface area (Å²) >= 11 is 0. The normalized spacial score (nSPS) is 18.0. The second kappa shape index (κ2) is 20.9. The van der Waals surface area contributed by atoms with Gasteiger partial charge in [-0.05, 0) is 71.0 Å². The number of rotatable bonds is 17. The topological polar surface area (TPSA) is 173 Å². The monoisotopic (exact) mass is 826 g/mol. The van der Waals surface area contributed by atoms with Crippen LogP contribution in [0.25, 0.3) is 11.1 Å². The van der Waals surface area contributed by atoms with Crippen LogP contribution in [0.1, 0.15) is 73.2 Å². The van der Waals surface area contributed by atoms with Gasteiger partial charge in [-0.3, -0.25) is 24.6 Å². The van der Waals surface area contributed by atoms with Crippen molar-refractivity contribution in [2.24, 2.45) is 0 Å². The Hall–Kier alpha value is -6.12. The van der Waals surface area contributed by atoms with Gasteiger partial charge in [0, 0.05) is 81.9 Å². The molecule has 5 aromatic rings. The summed E-state index contributed by atoms with van der Waals surface area (Å²) < 4.78 is 13.3. The molecule has 2 amide bonds. The fraction of sp³-hybridized carbons (Fsp3) is 0.333. The summed E-state index contributed by atoms with van der Waals surface area (Å²) in [6.07, 6.45) is 2.76. The van der Waals surface area contributed by atoms with Gasteiger partial charge in [0.05, 0.1) is 35.1 Å². The fourth-order valence-electron chi connectivity index (χ4n) is 7.85. The van der Waals surface area contributed by atoms with Crippen molar-refractivity contribution in [3.05, 3.63) is 154 Å². The van der Waals surface area contributed by atoms with E-state index in [1.165, 1.54) is 0 Å². The minimum atomic E-state index is -0.580. The van der Waals surface area contributed by atoms with Crippen LogP contribution in [0.2, 0.25) is 0 Å². The summed E-state index contributed by atoms with van der Waals surface area (Å²) in [5, 5.41) is 26.6. The SMILES string of the molecule is Nc1ccccc1NC(=O)CCCCCC(=O)NCc1cccc(-c2ccc(C3OC(CN4CCN(c5ccc([N+](=O)[O-])cc5)CC4)CC(c4ccc(CO)cc4)O3)cc2)c1. The molecule has 13 nitrogen and oxygen atoms in total. The molecule has 5 aromatic carbocycles. The van der Waals surface area contributed by atoms with E-state index in [0.717, 1.165) is 78.2 Å². The van der Waals surface area contributed by atoms with Gasteiger partial charge >= 0.3 is 0 Å². The first-order valence-corrected chi connectivity index (χ1v) is 21.0. The van der Waals surface area contributed by atoms with Crippen LogP contribution in [-0.2, 0) is 32.2 Å². The number of carbonyl (C=O) groups excluding carboxylic acids is 2. The van der Waals surface area contributed by atoms with Crippen LogP contribution in [0.15, 0.2) is 121 Å². The number of hydrogen-bond acceptors (Lipinski definition) is 10. The average Bonchev–Trinajstić information content (AvgIpc) is 3.29.